The summed E-state index contributed by atoms with van der Waals surface area (Å²) in [4.78, 5) is 9.70. The fourth-order valence-electron chi connectivity index (χ4n) is 0. The van der Waals surface area contributed by atoms with E-state index < -0.39 is 6.18 Å². The Bertz CT molecular complexity index is 111. The van der Waals surface area contributed by atoms with Gasteiger partial charge in [0.25, 0.3) is 0 Å². The Morgan fingerprint density at radius 2 is 1.54 bits per heavy atom. The molecule has 0 spiro atoms. The molecule has 0 aliphatic rings. The van der Waals surface area contributed by atoms with Crippen molar-refractivity contribution in [1.82, 2.24) is 5.32 Å². The van der Waals surface area contributed by atoms with E-state index >= 15 is 0 Å². The van der Waals surface area contributed by atoms with E-state index in [9.17, 15) is 18.0 Å². The molecule has 0 saturated heterocycles. The minimum Gasteiger partial charge on any atom is -0.359 e. The monoisotopic (exact) mass is 221 g/mol. The SMILES string of the molecule is CC(F)(F)F.CCCl.CNC(C)=O. The number of alkyl halides is 4. The Hall–Kier alpha value is -0.450. The van der Waals surface area contributed by atoms with Crippen LogP contribution < -0.4 is 5.32 Å². The van der Waals surface area contributed by atoms with Gasteiger partial charge in [-0.05, 0) is 0 Å². The fourth-order valence-corrected chi connectivity index (χ4v) is 0. The minimum atomic E-state index is -4.00. The van der Waals surface area contributed by atoms with Gasteiger partial charge in [-0.2, -0.15) is 13.2 Å². The lowest BCUT2D eigenvalue weighted by molar-refractivity contribution is -0.118. The Kier molecular flexibility index (Phi) is 16.3. The lowest BCUT2D eigenvalue weighted by atomic mass is 10.7. The summed E-state index contributed by atoms with van der Waals surface area (Å²) in [5.74, 6) is 0.727. The quantitative estimate of drug-likeness (QED) is 0.626. The third-order valence-corrected chi connectivity index (χ3v) is 0.352. The van der Waals surface area contributed by atoms with Crippen LogP contribution in [0.4, 0.5) is 13.2 Å². The second-order valence-electron chi connectivity index (χ2n) is 1.85. The molecule has 0 aliphatic carbocycles. The van der Waals surface area contributed by atoms with Crippen LogP contribution in [0.2, 0.25) is 0 Å². The molecule has 1 N–H and O–H groups in total. The summed E-state index contributed by atoms with van der Waals surface area (Å²) >= 11 is 5.00. The van der Waals surface area contributed by atoms with Crippen molar-refractivity contribution in [3.8, 4) is 0 Å². The molecule has 0 saturated carbocycles. The Balaban J connectivity index is -0.000000120. The molecule has 2 nitrogen and oxygen atoms in total. The highest BCUT2D eigenvalue weighted by atomic mass is 35.5. The predicted molar refractivity (Wildman–Crippen MR) is 47.9 cm³/mol. The zero-order valence-electron chi connectivity index (χ0n) is 8.13. The molecule has 0 heterocycles. The van der Waals surface area contributed by atoms with Crippen LogP contribution in [0.1, 0.15) is 20.8 Å². The molecule has 0 unspecified atom stereocenters. The van der Waals surface area contributed by atoms with Gasteiger partial charge in [0.05, 0.1) is 0 Å². The summed E-state index contributed by atoms with van der Waals surface area (Å²) in [6.45, 7) is 3.55. The van der Waals surface area contributed by atoms with Crippen LogP contribution in [0.5, 0.6) is 0 Å². The number of rotatable bonds is 0. The van der Waals surface area contributed by atoms with Crippen LogP contribution in [-0.2, 0) is 4.79 Å². The number of hydrogen-bond acceptors (Lipinski definition) is 1. The van der Waals surface area contributed by atoms with Gasteiger partial charge in [-0.15, -0.1) is 11.6 Å². The summed E-state index contributed by atoms with van der Waals surface area (Å²) in [6.07, 6.45) is -4.00. The van der Waals surface area contributed by atoms with Gasteiger partial charge in [0.15, 0.2) is 0 Å². The first kappa shape index (κ1) is 18.4. The number of amides is 1. The lowest BCUT2D eigenvalue weighted by Gasteiger charge is -1.88. The van der Waals surface area contributed by atoms with Gasteiger partial charge in [-0.25, -0.2) is 0 Å². The molecule has 6 heteroatoms. The van der Waals surface area contributed by atoms with Gasteiger partial charge >= 0.3 is 6.18 Å². The number of carbonyl (C=O) groups is 1. The first-order chi connectivity index (χ1) is 5.68. The Morgan fingerprint density at radius 3 is 1.54 bits per heavy atom. The molecular formula is C7H15ClF3NO. The first-order valence-electron chi connectivity index (χ1n) is 3.50. The summed E-state index contributed by atoms with van der Waals surface area (Å²) in [7, 11) is 1.60. The normalized spacial score (nSPS) is 8.62. The van der Waals surface area contributed by atoms with Crippen molar-refractivity contribution < 1.29 is 18.0 Å². The summed E-state index contributed by atoms with van der Waals surface area (Å²) in [6, 6.07) is 0. The topological polar surface area (TPSA) is 29.1 Å². The van der Waals surface area contributed by atoms with Crippen molar-refractivity contribution in [2.45, 2.75) is 26.9 Å². The smallest absolute Gasteiger partial charge is 0.359 e. The zero-order chi connectivity index (χ0) is 11.5. The van der Waals surface area contributed by atoms with E-state index in [1.807, 2.05) is 6.92 Å². The van der Waals surface area contributed by atoms with Crippen LogP contribution in [-0.4, -0.2) is 25.0 Å². The van der Waals surface area contributed by atoms with Crippen molar-refractivity contribution in [1.29, 1.82) is 0 Å². The molecule has 0 atom stereocenters. The van der Waals surface area contributed by atoms with Gasteiger partial charge in [0, 0.05) is 26.8 Å². The molecule has 0 bridgehead atoms. The molecule has 0 aromatic carbocycles. The Morgan fingerprint density at radius 1 is 1.46 bits per heavy atom. The van der Waals surface area contributed by atoms with E-state index in [-0.39, 0.29) is 12.8 Å². The van der Waals surface area contributed by atoms with Crippen molar-refractivity contribution in [2.24, 2.45) is 0 Å². The van der Waals surface area contributed by atoms with E-state index in [2.05, 4.69) is 5.32 Å². The van der Waals surface area contributed by atoms with Gasteiger partial charge in [0.1, 0.15) is 0 Å². The highest BCUT2D eigenvalue weighted by molar-refractivity contribution is 6.17. The van der Waals surface area contributed by atoms with Crippen LogP contribution in [0.3, 0.4) is 0 Å². The third-order valence-electron chi connectivity index (χ3n) is 0.352. The maximum absolute atomic E-state index is 10.4. The zero-order valence-corrected chi connectivity index (χ0v) is 8.88. The van der Waals surface area contributed by atoms with Crippen molar-refractivity contribution >= 4 is 17.5 Å². The molecule has 0 fully saturated rings. The van der Waals surface area contributed by atoms with Crippen LogP contribution in [0.15, 0.2) is 0 Å². The second kappa shape index (κ2) is 11.6. The van der Waals surface area contributed by atoms with E-state index in [0.29, 0.717) is 0 Å². The predicted octanol–water partition coefficient (Wildman–Crippen LogP) is 2.57. The first-order valence-corrected chi connectivity index (χ1v) is 4.03. The molecular weight excluding hydrogens is 207 g/mol. The number of nitrogens with one attached hydrogen (secondary N) is 1. The molecule has 0 aromatic heterocycles. The van der Waals surface area contributed by atoms with E-state index in [1.165, 1.54) is 6.92 Å². The molecule has 1 amide bonds. The average molecular weight is 222 g/mol. The summed E-state index contributed by atoms with van der Waals surface area (Å²) < 4.78 is 31.1. The summed E-state index contributed by atoms with van der Waals surface area (Å²) in [5, 5.41) is 2.39. The minimum absolute atomic E-state index is 0.00463. The fraction of sp³-hybridized carbons (Fsp3) is 0.857. The summed E-state index contributed by atoms with van der Waals surface area (Å²) in [5.41, 5.74) is 0. The van der Waals surface area contributed by atoms with Gasteiger partial charge in [-0.3, -0.25) is 4.79 Å². The average Bonchev–Trinajstić information content (AvgIpc) is 1.85. The molecule has 0 aliphatic heterocycles. The van der Waals surface area contributed by atoms with Gasteiger partial charge < -0.3 is 5.32 Å². The standard InChI is InChI=1S/C3H7NO.C2H5Cl.C2H3F3/c1-3(5)4-2;1-2-3;1-2(3,4)5/h1-2H3,(H,4,5);2H2,1H3;1H3. The third kappa shape index (κ3) is 438. The second-order valence-corrected chi connectivity index (χ2v) is 2.39. The Labute approximate surface area is 81.5 Å². The molecule has 0 rings (SSSR count). The van der Waals surface area contributed by atoms with E-state index in [1.54, 1.807) is 7.05 Å². The van der Waals surface area contributed by atoms with Gasteiger partial charge in [0.2, 0.25) is 5.91 Å². The molecule has 13 heavy (non-hydrogen) atoms. The number of carbonyl (C=O) groups excluding carboxylic acids is 1. The van der Waals surface area contributed by atoms with Crippen LogP contribution in [0.25, 0.3) is 0 Å². The maximum atomic E-state index is 10.4. The molecule has 0 aromatic rings. The largest absolute Gasteiger partial charge is 0.386 e. The highest BCUT2D eigenvalue weighted by Gasteiger charge is 2.15. The highest BCUT2D eigenvalue weighted by Crippen LogP contribution is 2.10. The number of hydrogen-bond donors (Lipinski definition) is 1. The van der Waals surface area contributed by atoms with Gasteiger partial charge in [-0.1, -0.05) is 6.92 Å². The van der Waals surface area contributed by atoms with E-state index in [4.69, 9.17) is 11.6 Å². The lowest BCUT2D eigenvalue weighted by Crippen LogP contribution is -2.11. The maximum Gasteiger partial charge on any atom is 0.386 e. The number of halogens is 4. The molecule has 82 valence electrons. The van der Waals surface area contributed by atoms with Crippen molar-refractivity contribution in [3.63, 3.8) is 0 Å². The van der Waals surface area contributed by atoms with Crippen LogP contribution in [0, 0.1) is 0 Å². The van der Waals surface area contributed by atoms with Crippen LogP contribution >= 0.6 is 11.6 Å². The molecule has 0 radical (unpaired) electrons. The van der Waals surface area contributed by atoms with E-state index in [0.717, 1.165) is 5.88 Å². The van der Waals surface area contributed by atoms with Crippen molar-refractivity contribution in [3.05, 3.63) is 0 Å². The van der Waals surface area contributed by atoms with Crippen molar-refractivity contribution in [2.75, 3.05) is 12.9 Å².